The van der Waals surface area contributed by atoms with E-state index in [9.17, 15) is 14.7 Å². The highest BCUT2D eigenvalue weighted by molar-refractivity contribution is 9.10. The zero-order chi connectivity index (χ0) is 22.7. The van der Waals surface area contributed by atoms with Crippen molar-refractivity contribution in [2.75, 3.05) is 6.54 Å². The van der Waals surface area contributed by atoms with Crippen molar-refractivity contribution < 1.29 is 14.7 Å². The zero-order valence-corrected chi connectivity index (χ0v) is 20.7. The summed E-state index contributed by atoms with van der Waals surface area (Å²) in [4.78, 5) is 29.4. The van der Waals surface area contributed by atoms with Crippen molar-refractivity contribution in [2.45, 2.75) is 72.6 Å². The molecule has 0 radical (unpaired) electrons. The number of nitrogens with zero attached hydrogens (tertiary/aromatic N) is 1. The third-order valence-electron chi connectivity index (χ3n) is 6.77. The van der Waals surface area contributed by atoms with Crippen molar-refractivity contribution in [3.05, 3.63) is 50.8 Å². The second kappa shape index (κ2) is 7.61. The molecule has 4 nitrogen and oxygen atoms in total. The Labute approximate surface area is 193 Å². The predicted molar refractivity (Wildman–Crippen MR) is 126 cm³/mol. The molecule has 0 bridgehead atoms. The number of benzene rings is 1. The lowest BCUT2D eigenvalue weighted by atomic mass is 9.63. The van der Waals surface area contributed by atoms with Crippen molar-refractivity contribution in [3.63, 3.8) is 0 Å². The molecule has 4 rings (SSSR count). The number of hydrogen-bond donors (Lipinski definition) is 1. The maximum Gasteiger partial charge on any atom is 0.162 e. The third kappa shape index (κ3) is 3.90. The minimum Gasteiger partial charge on any atom is -0.507 e. The predicted octanol–water partition coefficient (Wildman–Crippen LogP) is 6.25. The van der Waals surface area contributed by atoms with Crippen LogP contribution >= 0.6 is 15.9 Å². The molecule has 5 heteroatoms. The zero-order valence-electron chi connectivity index (χ0n) is 19.1. The van der Waals surface area contributed by atoms with Crippen LogP contribution in [0.5, 0.6) is 5.75 Å². The number of carbonyl (C=O) groups excluding carboxylic acids is 2. The van der Waals surface area contributed by atoms with E-state index in [1.54, 1.807) is 6.07 Å². The summed E-state index contributed by atoms with van der Waals surface area (Å²) in [5.41, 5.74) is 4.46. The molecule has 1 heterocycles. The molecule has 0 amide bonds. The van der Waals surface area contributed by atoms with Crippen LogP contribution in [-0.4, -0.2) is 28.1 Å². The molecule has 0 unspecified atom stereocenters. The van der Waals surface area contributed by atoms with E-state index < -0.39 is 0 Å². The van der Waals surface area contributed by atoms with Crippen molar-refractivity contribution in [3.8, 4) is 5.75 Å². The Hall–Kier alpha value is -1.88. The fourth-order valence-electron chi connectivity index (χ4n) is 5.58. The van der Waals surface area contributed by atoms with Gasteiger partial charge in [0.15, 0.2) is 11.6 Å². The molecule has 1 aromatic rings. The van der Waals surface area contributed by atoms with Gasteiger partial charge in [0.2, 0.25) is 0 Å². The van der Waals surface area contributed by atoms with E-state index in [4.69, 9.17) is 0 Å². The lowest BCUT2D eigenvalue weighted by Crippen LogP contribution is -2.44. The molecular formula is C26H32BrNO3. The lowest BCUT2D eigenvalue weighted by molar-refractivity contribution is -0.119. The number of hydrogen-bond acceptors (Lipinski definition) is 4. The van der Waals surface area contributed by atoms with Gasteiger partial charge in [-0.3, -0.25) is 9.59 Å². The van der Waals surface area contributed by atoms with Gasteiger partial charge in [-0.25, -0.2) is 0 Å². The summed E-state index contributed by atoms with van der Waals surface area (Å²) in [6, 6.07) is 5.37. The highest BCUT2D eigenvalue weighted by atomic mass is 79.9. The minimum atomic E-state index is -0.359. The first-order valence-electron chi connectivity index (χ1n) is 11.2. The van der Waals surface area contributed by atoms with Crippen molar-refractivity contribution in [2.24, 2.45) is 10.8 Å². The number of ketones is 2. The average molecular weight is 486 g/mol. The number of rotatable bonds is 3. The second-order valence-corrected chi connectivity index (χ2v) is 11.8. The van der Waals surface area contributed by atoms with E-state index in [2.05, 4.69) is 55.4 Å². The van der Waals surface area contributed by atoms with Gasteiger partial charge < -0.3 is 10.0 Å². The van der Waals surface area contributed by atoms with E-state index in [0.717, 1.165) is 53.9 Å². The smallest absolute Gasteiger partial charge is 0.162 e. The summed E-state index contributed by atoms with van der Waals surface area (Å²) in [5, 5.41) is 10.0. The maximum atomic E-state index is 13.6. The molecule has 0 spiro atoms. The average Bonchev–Trinajstić information content (AvgIpc) is 2.63. The van der Waals surface area contributed by atoms with Gasteiger partial charge in [0.25, 0.3) is 0 Å². The van der Waals surface area contributed by atoms with Crippen LogP contribution < -0.4 is 0 Å². The summed E-state index contributed by atoms with van der Waals surface area (Å²) in [7, 11) is 0. The fourth-order valence-corrected chi connectivity index (χ4v) is 5.97. The second-order valence-electron chi connectivity index (χ2n) is 10.9. The summed E-state index contributed by atoms with van der Waals surface area (Å²) in [6.07, 6.45) is 3.59. The van der Waals surface area contributed by atoms with Gasteiger partial charge in [-0.15, -0.1) is 0 Å². The standard InChI is InChI=1S/C26H32BrNO3/c1-6-9-28-17-11-25(2,3)13-20(30)23(17)22(15-7-8-19(29)16(27)10-15)24-18(28)12-26(4,5)14-21(24)31/h7-8,10,22,29H,6,9,11-14H2,1-5H3. The Bertz CT molecular complexity index is 977. The summed E-state index contributed by atoms with van der Waals surface area (Å²) in [6.45, 7) is 11.6. The van der Waals surface area contributed by atoms with Crippen LogP contribution in [0.2, 0.25) is 0 Å². The van der Waals surface area contributed by atoms with Gasteiger partial charge in [-0.2, -0.15) is 0 Å². The first kappa shape index (κ1) is 22.3. The molecule has 0 atom stereocenters. The van der Waals surface area contributed by atoms with Gasteiger partial charge in [-0.05, 0) is 63.7 Å². The van der Waals surface area contributed by atoms with E-state index in [-0.39, 0.29) is 34.1 Å². The lowest BCUT2D eigenvalue weighted by Gasteiger charge is -2.49. The molecule has 0 saturated heterocycles. The van der Waals surface area contributed by atoms with Crippen LogP contribution in [0.15, 0.2) is 45.2 Å². The van der Waals surface area contributed by atoms with Crippen LogP contribution in [0.25, 0.3) is 0 Å². The Morgan fingerprint density at radius 1 is 0.968 bits per heavy atom. The molecular weight excluding hydrogens is 454 g/mol. The van der Waals surface area contributed by atoms with Crippen LogP contribution in [0.1, 0.15) is 78.2 Å². The van der Waals surface area contributed by atoms with Gasteiger partial charge in [0.1, 0.15) is 5.75 Å². The molecule has 0 saturated carbocycles. The highest BCUT2D eigenvalue weighted by Crippen LogP contribution is 2.54. The Morgan fingerprint density at radius 2 is 1.48 bits per heavy atom. The van der Waals surface area contributed by atoms with E-state index in [0.29, 0.717) is 17.3 Å². The topological polar surface area (TPSA) is 57.6 Å². The summed E-state index contributed by atoms with van der Waals surface area (Å²) in [5.74, 6) is 0.0847. The van der Waals surface area contributed by atoms with Crippen LogP contribution in [0.4, 0.5) is 0 Å². The van der Waals surface area contributed by atoms with Gasteiger partial charge in [-0.1, -0.05) is 40.7 Å². The molecule has 0 fully saturated rings. The van der Waals surface area contributed by atoms with E-state index in [1.807, 2.05) is 12.1 Å². The monoisotopic (exact) mass is 485 g/mol. The number of halogens is 1. The highest BCUT2D eigenvalue weighted by Gasteiger charge is 2.48. The third-order valence-corrected chi connectivity index (χ3v) is 7.41. The quantitative estimate of drug-likeness (QED) is 0.549. The van der Waals surface area contributed by atoms with Crippen molar-refractivity contribution in [1.29, 1.82) is 0 Å². The molecule has 1 aromatic carbocycles. The minimum absolute atomic E-state index is 0.103. The van der Waals surface area contributed by atoms with Crippen molar-refractivity contribution >= 4 is 27.5 Å². The number of phenols is 1. The molecule has 31 heavy (non-hydrogen) atoms. The number of Topliss-reactive ketones (excluding diaryl/α,β-unsaturated/α-hetero) is 2. The Balaban J connectivity index is 2.00. The largest absolute Gasteiger partial charge is 0.507 e. The van der Waals surface area contributed by atoms with E-state index >= 15 is 0 Å². The van der Waals surface area contributed by atoms with Gasteiger partial charge in [0.05, 0.1) is 4.47 Å². The molecule has 3 aliphatic rings. The fraction of sp³-hybridized carbons (Fsp3) is 0.538. The Morgan fingerprint density at radius 3 is 1.94 bits per heavy atom. The van der Waals surface area contributed by atoms with Gasteiger partial charge in [0, 0.05) is 47.8 Å². The first-order chi connectivity index (χ1) is 14.4. The first-order valence-corrected chi connectivity index (χ1v) is 12.0. The number of carbonyl (C=O) groups is 2. The normalized spacial score (nSPS) is 23.2. The van der Waals surface area contributed by atoms with Crippen LogP contribution in [0.3, 0.4) is 0 Å². The number of aromatic hydroxyl groups is 1. The summed E-state index contributed by atoms with van der Waals surface area (Å²) >= 11 is 3.43. The molecule has 2 aliphatic carbocycles. The molecule has 0 aromatic heterocycles. The van der Waals surface area contributed by atoms with E-state index in [1.165, 1.54) is 0 Å². The summed E-state index contributed by atoms with van der Waals surface area (Å²) < 4.78 is 0.581. The molecule has 1 aliphatic heterocycles. The van der Waals surface area contributed by atoms with Crippen LogP contribution in [-0.2, 0) is 9.59 Å². The number of allylic oxidation sites excluding steroid dienone is 4. The van der Waals surface area contributed by atoms with Crippen LogP contribution in [0, 0.1) is 10.8 Å². The number of phenolic OH excluding ortho intramolecular Hbond substituents is 1. The van der Waals surface area contributed by atoms with Crippen molar-refractivity contribution in [1.82, 2.24) is 4.90 Å². The molecule has 1 N–H and O–H groups in total. The Kier molecular flexibility index (Phi) is 5.48. The SMILES string of the molecule is CCCN1C2=C(C(=O)CC(C)(C)C2)C(c2ccc(O)c(Br)c2)C2=C1CC(C)(C)CC2=O. The molecule has 166 valence electrons. The maximum absolute atomic E-state index is 13.6. The van der Waals surface area contributed by atoms with Gasteiger partial charge >= 0.3 is 0 Å².